The number of rotatable bonds is 3. The molecule has 0 saturated heterocycles. The number of carbonyl (C=O) groups excluding carboxylic acids is 1. The number of hydrogen-bond acceptors (Lipinski definition) is 4. The van der Waals surface area contributed by atoms with Gasteiger partial charge >= 0.3 is 0 Å². The molecule has 3 aromatic carbocycles. The summed E-state index contributed by atoms with van der Waals surface area (Å²) in [5.74, 6) is -0.305. The molecule has 0 aliphatic rings. The van der Waals surface area contributed by atoms with Gasteiger partial charge in [-0.3, -0.25) is 4.79 Å². The summed E-state index contributed by atoms with van der Waals surface area (Å²) < 4.78 is 0. The van der Waals surface area contributed by atoms with E-state index >= 15 is 0 Å². The van der Waals surface area contributed by atoms with Crippen molar-refractivity contribution in [1.82, 2.24) is 5.43 Å². The number of hydrogen-bond donors (Lipinski definition) is 2. The minimum Gasteiger partial charge on any atom is -0.507 e. The summed E-state index contributed by atoms with van der Waals surface area (Å²) in [5, 5.41) is 24.5. The van der Waals surface area contributed by atoms with Crippen molar-refractivity contribution in [3.8, 4) is 11.8 Å². The number of aromatic hydroxyl groups is 1. The Labute approximate surface area is 138 Å². The average molecular weight is 315 g/mol. The Kier molecular flexibility index (Phi) is 4.21. The Morgan fingerprint density at radius 3 is 2.58 bits per heavy atom. The van der Waals surface area contributed by atoms with Crippen LogP contribution in [0.15, 0.2) is 65.8 Å². The molecule has 0 bridgehead atoms. The maximum Gasteiger partial charge on any atom is 0.271 e. The number of nitrogens with one attached hydrogen (secondary N) is 1. The van der Waals surface area contributed by atoms with E-state index in [9.17, 15) is 9.90 Å². The van der Waals surface area contributed by atoms with E-state index in [-0.39, 0.29) is 5.75 Å². The third kappa shape index (κ3) is 3.08. The van der Waals surface area contributed by atoms with Gasteiger partial charge in [-0.25, -0.2) is 5.43 Å². The molecule has 0 fully saturated rings. The molecule has 0 saturated carbocycles. The quantitative estimate of drug-likeness (QED) is 0.575. The van der Waals surface area contributed by atoms with E-state index in [1.54, 1.807) is 30.3 Å². The summed E-state index contributed by atoms with van der Waals surface area (Å²) in [6, 6.07) is 19.2. The lowest BCUT2D eigenvalue weighted by molar-refractivity contribution is 0.0955. The molecule has 0 radical (unpaired) electrons. The van der Waals surface area contributed by atoms with Gasteiger partial charge in [-0.05, 0) is 41.1 Å². The van der Waals surface area contributed by atoms with Crippen LogP contribution in [0, 0.1) is 11.3 Å². The zero-order valence-corrected chi connectivity index (χ0v) is 12.6. The first-order valence-corrected chi connectivity index (χ1v) is 7.23. The molecule has 5 nitrogen and oxygen atoms in total. The van der Waals surface area contributed by atoms with Gasteiger partial charge in [0.25, 0.3) is 5.91 Å². The molecule has 2 N–H and O–H groups in total. The average Bonchev–Trinajstić information content (AvgIpc) is 2.63. The summed E-state index contributed by atoms with van der Waals surface area (Å²) in [7, 11) is 0. The molecule has 0 spiro atoms. The van der Waals surface area contributed by atoms with Crippen molar-refractivity contribution in [1.29, 1.82) is 5.26 Å². The number of phenolic OH excluding ortho intramolecular Hbond substituents is 1. The normalized spacial score (nSPS) is 10.6. The maximum atomic E-state index is 12.0. The third-order valence-electron chi connectivity index (χ3n) is 3.58. The molecule has 0 heterocycles. The second-order valence-electron chi connectivity index (χ2n) is 5.11. The van der Waals surface area contributed by atoms with Gasteiger partial charge in [0, 0.05) is 11.1 Å². The lowest BCUT2D eigenvalue weighted by Gasteiger charge is -2.05. The smallest absolute Gasteiger partial charge is 0.271 e. The molecule has 116 valence electrons. The van der Waals surface area contributed by atoms with Gasteiger partial charge in [0.15, 0.2) is 0 Å². The van der Waals surface area contributed by atoms with Gasteiger partial charge in [0.2, 0.25) is 0 Å². The number of fused-ring (bicyclic) bond motifs is 1. The van der Waals surface area contributed by atoms with Crippen LogP contribution in [0.4, 0.5) is 0 Å². The van der Waals surface area contributed by atoms with Crippen molar-refractivity contribution in [2.75, 3.05) is 0 Å². The zero-order valence-electron chi connectivity index (χ0n) is 12.6. The highest BCUT2D eigenvalue weighted by molar-refractivity contribution is 6.03. The Hall–Kier alpha value is -3.65. The van der Waals surface area contributed by atoms with Crippen molar-refractivity contribution in [2.24, 2.45) is 5.10 Å². The molecule has 0 unspecified atom stereocenters. The van der Waals surface area contributed by atoms with E-state index in [2.05, 4.69) is 10.5 Å². The number of phenols is 1. The summed E-state index contributed by atoms with van der Waals surface area (Å²) in [6.07, 6.45) is 1.42. The second kappa shape index (κ2) is 6.63. The highest BCUT2D eigenvalue weighted by Gasteiger charge is 2.06. The summed E-state index contributed by atoms with van der Waals surface area (Å²) in [5.41, 5.74) is 3.83. The van der Waals surface area contributed by atoms with Gasteiger partial charge in [-0.15, -0.1) is 0 Å². The highest BCUT2D eigenvalue weighted by atomic mass is 16.3. The molecule has 1 amide bonds. The topological polar surface area (TPSA) is 85.5 Å². The van der Waals surface area contributed by atoms with E-state index < -0.39 is 5.91 Å². The summed E-state index contributed by atoms with van der Waals surface area (Å²) >= 11 is 0. The Bertz CT molecular complexity index is 970. The fraction of sp³-hybridized carbons (Fsp3) is 0. The molecular weight excluding hydrogens is 302 g/mol. The molecular formula is C19H13N3O2. The van der Waals surface area contributed by atoms with Crippen LogP contribution in [0.1, 0.15) is 21.5 Å². The Morgan fingerprint density at radius 2 is 1.83 bits per heavy atom. The molecule has 0 aliphatic carbocycles. The largest absolute Gasteiger partial charge is 0.507 e. The molecule has 5 heteroatoms. The maximum absolute atomic E-state index is 12.0. The predicted molar refractivity (Wildman–Crippen MR) is 91.8 cm³/mol. The number of nitrogens with zero attached hydrogens (tertiary/aromatic N) is 2. The van der Waals surface area contributed by atoms with Gasteiger partial charge in [0.05, 0.1) is 17.8 Å². The van der Waals surface area contributed by atoms with E-state index in [4.69, 9.17) is 5.26 Å². The van der Waals surface area contributed by atoms with Crippen LogP contribution in [-0.2, 0) is 0 Å². The number of nitriles is 1. The fourth-order valence-electron chi connectivity index (χ4n) is 2.34. The zero-order chi connectivity index (χ0) is 16.9. The van der Waals surface area contributed by atoms with Gasteiger partial charge in [0.1, 0.15) is 5.75 Å². The third-order valence-corrected chi connectivity index (χ3v) is 3.58. The van der Waals surface area contributed by atoms with Crippen molar-refractivity contribution in [3.05, 3.63) is 77.4 Å². The fourth-order valence-corrected chi connectivity index (χ4v) is 2.34. The van der Waals surface area contributed by atoms with Crippen LogP contribution in [0.25, 0.3) is 10.8 Å². The first-order valence-electron chi connectivity index (χ1n) is 7.23. The van der Waals surface area contributed by atoms with Crippen LogP contribution < -0.4 is 5.43 Å². The SMILES string of the molecule is N#Cc1ccc(C(=O)NN=Cc2c(O)ccc3ccccc23)cc1. The minimum absolute atomic E-state index is 0.0880. The molecule has 3 aromatic rings. The molecule has 24 heavy (non-hydrogen) atoms. The van der Waals surface area contributed by atoms with Crippen molar-refractivity contribution in [2.45, 2.75) is 0 Å². The molecule has 0 aliphatic heterocycles. The summed E-state index contributed by atoms with van der Waals surface area (Å²) in [6.45, 7) is 0. The van der Waals surface area contributed by atoms with Gasteiger partial charge in [-0.1, -0.05) is 30.3 Å². The van der Waals surface area contributed by atoms with Crippen molar-refractivity contribution >= 4 is 22.9 Å². The minimum atomic E-state index is -0.393. The van der Waals surface area contributed by atoms with E-state index in [0.717, 1.165) is 10.8 Å². The molecule has 0 aromatic heterocycles. The molecule has 0 atom stereocenters. The van der Waals surface area contributed by atoms with Gasteiger partial charge < -0.3 is 5.11 Å². The standard InChI is InChI=1S/C19H13N3O2/c20-11-13-5-7-15(8-6-13)19(24)22-21-12-17-16-4-2-1-3-14(16)9-10-18(17)23/h1-10,12,23H,(H,22,24). The summed E-state index contributed by atoms with van der Waals surface area (Å²) in [4.78, 5) is 12.0. The second-order valence-corrected chi connectivity index (χ2v) is 5.11. The Morgan fingerprint density at radius 1 is 1.08 bits per heavy atom. The number of hydrazone groups is 1. The van der Waals surface area contributed by atoms with Crippen LogP contribution in [0.3, 0.4) is 0 Å². The van der Waals surface area contributed by atoms with E-state index in [1.807, 2.05) is 36.4 Å². The monoisotopic (exact) mass is 315 g/mol. The van der Waals surface area contributed by atoms with Gasteiger partial charge in [-0.2, -0.15) is 10.4 Å². The van der Waals surface area contributed by atoms with Crippen molar-refractivity contribution in [3.63, 3.8) is 0 Å². The Balaban J connectivity index is 1.80. The number of amides is 1. The molecule has 3 rings (SSSR count). The van der Waals surface area contributed by atoms with Crippen LogP contribution in [-0.4, -0.2) is 17.2 Å². The van der Waals surface area contributed by atoms with E-state index in [0.29, 0.717) is 16.7 Å². The first-order chi connectivity index (χ1) is 11.7. The number of benzene rings is 3. The van der Waals surface area contributed by atoms with Crippen LogP contribution in [0.5, 0.6) is 5.75 Å². The lowest BCUT2D eigenvalue weighted by atomic mass is 10.0. The van der Waals surface area contributed by atoms with E-state index in [1.165, 1.54) is 6.21 Å². The number of carbonyl (C=O) groups is 1. The highest BCUT2D eigenvalue weighted by Crippen LogP contribution is 2.25. The van der Waals surface area contributed by atoms with Crippen LogP contribution in [0.2, 0.25) is 0 Å². The first kappa shape index (κ1) is 15.3. The predicted octanol–water partition coefficient (Wildman–Crippen LogP) is 3.18. The van der Waals surface area contributed by atoms with Crippen LogP contribution >= 0.6 is 0 Å². The van der Waals surface area contributed by atoms with Crippen molar-refractivity contribution < 1.29 is 9.90 Å². The lowest BCUT2D eigenvalue weighted by Crippen LogP contribution is -2.17.